The molecule has 3 nitrogen and oxygen atoms in total. The van der Waals surface area contributed by atoms with Gasteiger partial charge >= 0.3 is 6.18 Å². The van der Waals surface area contributed by atoms with E-state index >= 15 is 0 Å². The first-order valence-electron chi connectivity index (χ1n) is 7.16. The topological polar surface area (TPSA) is 37.0 Å². The van der Waals surface area contributed by atoms with Gasteiger partial charge in [-0.3, -0.25) is 0 Å². The van der Waals surface area contributed by atoms with Gasteiger partial charge in [0, 0.05) is 18.3 Å². The molecule has 1 aliphatic rings. The molecular formula is C14H20F3N3S. The van der Waals surface area contributed by atoms with Crippen LogP contribution in [-0.2, 0) is 6.18 Å². The molecule has 1 aliphatic heterocycles. The van der Waals surface area contributed by atoms with Gasteiger partial charge in [0.15, 0.2) is 0 Å². The maximum absolute atomic E-state index is 13.0. The lowest BCUT2D eigenvalue weighted by molar-refractivity contribution is -0.137. The van der Waals surface area contributed by atoms with Crippen LogP contribution in [0.4, 0.5) is 24.8 Å². The minimum Gasteiger partial charge on any atom is -0.370 e. The summed E-state index contributed by atoms with van der Waals surface area (Å²) in [6, 6.07) is 2.35. The maximum atomic E-state index is 13.0. The second-order valence-electron chi connectivity index (χ2n) is 5.11. The monoisotopic (exact) mass is 319 g/mol. The highest BCUT2D eigenvalue weighted by molar-refractivity contribution is 7.99. The van der Waals surface area contributed by atoms with E-state index < -0.39 is 11.7 Å². The molecule has 118 valence electrons. The molecule has 1 aromatic rings. The first-order chi connectivity index (χ1) is 9.99. The van der Waals surface area contributed by atoms with E-state index in [2.05, 4.69) is 15.6 Å². The predicted octanol–water partition coefficient (Wildman–Crippen LogP) is 4.23. The zero-order valence-electron chi connectivity index (χ0n) is 12.0. The number of pyridine rings is 1. The number of nitrogens with one attached hydrogen (secondary N) is 2. The Bertz CT molecular complexity index is 459. The van der Waals surface area contributed by atoms with Gasteiger partial charge in [-0.15, -0.1) is 0 Å². The van der Waals surface area contributed by atoms with Gasteiger partial charge in [0.1, 0.15) is 11.6 Å². The Morgan fingerprint density at radius 1 is 1.33 bits per heavy atom. The summed E-state index contributed by atoms with van der Waals surface area (Å²) in [4.78, 5) is 4.25. The quantitative estimate of drug-likeness (QED) is 0.851. The standard InChI is InChI=1S/C14H20F3N3S/c1-2-5-18-12-7-10(14(15,16)17)8-13(20-12)19-11-4-3-6-21-9-11/h7-8,11H,2-6,9H2,1H3,(H2,18,19,20). The van der Waals surface area contributed by atoms with Crippen molar-refractivity contribution < 1.29 is 13.2 Å². The zero-order valence-corrected chi connectivity index (χ0v) is 12.8. The van der Waals surface area contributed by atoms with Crippen molar-refractivity contribution in [3.05, 3.63) is 17.7 Å². The Hall–Kier alpha value is -1.11. The van der Waals surface area contributed by atoms with Crippen molar-refractivity contribution >= 4 is 23.4 Å². The molecule has 0 amide bonds. The molecule has 0 bridgehead atoms. The van der Waals surface area contributed by atoms with Crippen molar-refractivity contribution in [2.24, 2.45) is 0 Å². The van der Waals surface area contributed by atoms with Crippen molar-refractivity contribution in [2.75, 3.05) is 28.7 Å². The second-order valence-corrected chi connectivity index (χ2v) is 6.26. The molecule has 0 aliphatic carbocycles. The number of rotatable bonds is 5. The minimum absolute atomic E-state index is 0.193. The number of aromatic nitrogens is 1. The number of alkyl halides is 3. The molecule has 2 heterocycles. The number of halogens is 3. The fourth-order valence-electron chi connectivity index (χ4n) is 2.18. The molecule has 21 heavy (non-hydrogen) atoms. The molecule has 1 unspecified atom stereocenters. The molecule has 2 N–H and O–H groups in total. The van der Waals surface area contributed by atoms with Crippen LogP contribution < -0.4 is 10.6 Å². The highest BCUT2D eigenvalue weighted by atomic mass is 32.2. The lowest BCUT2D eigenvalue weighted by atomic mass is 10.2. The molecule has 0 saturated carbocycles. The predicted molar refractivity (Wildman–Crippen MR) is 82.0 cm³/mol. The summed E-state index contributed by atoms with van der Waals surface area (Å²) in [5, 5.41) is 6.07. The third-order valence-corrected chi connectivity index (χ3v) is 4.44. The zero-order chi connectivity index (χ0) is 15.3. The number of nitrogens with zero attached hydrogens (tertiary/aromatic N) is 1. The van der Waals surface area contributed by atoms with E-state index in [1.807, 2.05) is 18.7 Å². The Kier molecular flexibility index (Phi) is 5.61. The highest BCUT2D eigenvalue weighted by Gasteiger charge is 2.32. The lowest BCUT2D eigenvalue weighted by Gasteiger charge is -2.23. The number of thioether (sulfide) groups is 1. The van der Waals surface area contributed by atoms with Crippen LogP contribution >= 0.6 is 11.8 Å². The first kappa shape index (κ1) is 16.3. The van der Waals surface area contributed by atoms with E-state index in [1.165, 1.54) is 0 Å². The van der Waals surface area contributed by atoms with Crippen LogP contribution in [-0.4, -0.2) is 29.1 Å². The summed E-state index contributed by atoms with van der Waals surface area (Å²) < 4.78 is 38.9. The van der Waals surface area contributed by atoms with Gasteiger partial charge in [0.2, 0.25) is 0 Å². The molecule has 1 fully saturated rings. The van der Waals surface area contributed by atoms with Gasteiger partial charge in [0.05, 0.1) is 5.56 Å². The average molecular weight is 319 g/mol. The summed E-state index contributed by atoms with van der Waals surface area (Å²) >= 11 is 1.82. The van der Waals surface area contributed by atoms with Crippen LogP contribution in [0.2, 0.25) is 0 Å². The van der Waals surface area contributed by atoms with E-state index in [1.54, 1.807) is 0 Å². The summed E-state index contributed by atoms with van der Waals surface area (Å²) in [6.45, 7) is 2.56. The second kappa shape index (κ2) is 7.24. The third-order valence-electron chi connectivity index (χ3n) is 3.22. The lowest BCUT2D eigenvalue weighted by Crippen LogP contribution is -2.26. The Morgan fingerprint density at radius 3 is 2.71 bits per heavy atom. The van der Waals surface area contributed by atoms with Crippen LogP contribution in [0.25, 0.3) is 0 Å². The average Bonchev–Trinajstić information content (AvgIpc) is 2.45. The van der Waals surface area contributed by atoms with Crippen LogP contribution in [0.5, 0.6) is 0 Å². The molecule has 0 radical (unpaired) electrons. The molecule has 0 spiro atoms. The SMILES string of the molecule is CCCNc1cc(C(F)(F)F)cc(NC2CCCSC2)n1. The number of hydrogen-bond acceptors (Lipinski definition) is 4. The molecule has 7 heteroatoms. The van der Waals surface area contributed by atoms with Gasteiger partial charge in [-0.25, -0.2) is 4.98 Å². The van der Waals surface area contributed by atoms with E-state index in [0.717, 1.165) is 42.9 Å². The minimum atomic E-state index is -4.36. The van der Waals surface area contributed by atoms with Crippen molar-refractivity contribution in [2.45, 2.75) is 38.4 Å². The Labute approximate surface area is 127 Å². The summed E-state index contributed by atoms with van der Waals surface area (Å²) in [5.74, 6) is 2.61. The molecular weight excluding hydrogens is 299 g/mol. The Balaban J connectivity index is 2.17. The van der Waals surface area contributed by atoms with E-state index in [-0.39, 0.29) is 11.9 Å². The van der Waals surface area contributed by atoms with Crippen molar-refractivity contribution in [3.63, 3.8) is 0 Å². The van der Waals surface area contributed by atoms with Crippen LogP contribution in [0, 0.1) is 0 Å². The normalized spacial score (nSPS) is 19.3. The smallest absolute Gasteiger partial charge is 0.370 e. The summed E-state index contributed by atoms with van der Waals surface area (Å²) in [7, 11) is 0. The van der Waals surface area contributed by atoms with Gasteiger partial charge in [0.25, 0.3) is 0 Å². The molecule has 1 saturated heterocycles. The van der Waals surface area contributed by atoms with Gasteiger partial charge in [-0.05, 0) is 37.1 Å². The third kappa shape index (κ3) is 4.98. The largest absolute Gasteiger partial charge is 0.416 e. The highest BCUT2D eigenvalue weighted by Crippen LogP contribution is 2.32. The van der Waals surface area contributed by atoms with Crippen LogP contribution in [0.1, 0.15) is 31.7 Å². The van der Waals surface area contributed by atoms with Crippen molar-refractivity contribution in [3.8, 4) is 0 Å². The van der Waals surface area contributed by atoms with E-state index in [4.69, 9.17) is 0 Å². The molecule has 2 rings (SSSR count). The van der Waals surface area contributed by atoms with E-state index in [9.17, 15) is 13.2 Å². The summed E-state index contributed by atoms with van der Waals surface area (Å²) in [6.07, 6.45) is -1.46. The van der Waals surface area contributed by atoms with Crippen LogP contribution in [0.15, 0.2) is 12.1 Å². The fraction of sp³-hybridized carbons (Fsp3) is 0.643. The summed E-state index contributed by atoms with van der Waals surface area (Å²) in [5.41, 5.74) is -0.665. The number of anilines is 2. The van der Waals surface area contributed by atoms with E-state index in [0.29, 0.717) is 12.4 Å². The van der Waals surface area contributed by atoms with Crippen LogP contribution in [0.3, 0.4) is 0 Å². The van der Waals surface area contributed by atoms with Crippen molar-refractivity contribution in [1.82, 2.24) is 4.98 Å². The molecule has 1 atom stereocenters. The van der Waals surface area contributed by atoms with Gasteiger partial charge < -0.3 is 10.6 Å². The van der Waals surface area contributed by atoms with Gasteiger partial charge in [-0.1, -0.05) is 6.92 Å². The van der Waals surface area contributed by atoms with Gasteiger partial charge in [-0.2, -0.15) is 24.9 Å². The number of hydrogen-bond donors (Lipinski definition) is 2. The maximum Gasteiger partial charge on any atom is 0.416 e. The Morgan fingerprint density at radius 2 is 2.10 bits per heavy atom. The molecule has 1 aromatic heterocycles. The van der Waals surface area contributed by atoms with Crippen molar-refractivity contribution in [1.29, 1.82) is 0 Å². The first-order valence-corrected chi connectivity index (χ1v) is 8.32. The molecule has 0 aromatic carbocycles. The fourth-order valence-corrected chi connectivity index (χ4v) is 3.25.